The zero-order valence-electron chi connectivity index (χ0n) is 11.5. The number of nitrogens with one attached hydrogen (secondary N) is 1. The molecule has 2 rings (SSSR count). The van der Waals surface area contributed by atoms with Crippen molar-refractivity contribution >= 4 is 5.91 Å². The van der Waals surface area contributed by atoms with E-state index in [0.29, 0.717) is 11.8 Å². The molecule has 1 amide bonds. The molecule has 0 aromatic carbocycles. The van der Waals surface area contributed by atoms with E-state index in [9.17, 15) is 4.79 Å². The number of carbonyl (C=O) groups is 1. The SMILES string of the molecule is CN[C@@H]1CCCN(C(=O)[C@@H](C)Oc2cccnc2)C1. The van der Waals surface area contributed by atoms with Crippen molar-refractivity contribution in [3.63, 3.8) is 0 Å². The highest BCUT2D eigenvalue weighted by molar-refractivity contribution is 5.81. The standard InChI is InChI=1S/C14H21N3O2/c1-11(19-13-6-3-7-16-9-13)14(18)17-8-4-5-12(10-17)15-2/h3,6-7,9,11-12,15H,4-5,8,10H2,1-2H3/t11-,12-/m1/s1. The molecule has 2 heterocycles. The monoisotopic (exact) mass is 263 g/mol. The maximum absolute atomic E-state index is 12.3. The van der Waals surface area contributed by atoms with Crippen molar-refractivity contribution < 1.29 is 9.53 Å². The Hall–Kier alpha value is -1.62. The molecule has 1 N–H and O–H groups in total. The number of likely N-dealkylation sites (tertiary alicyclic amines) is 1. The van der Waals surface area contributed by atoms with E-state index >= 15 is 0 Å². The van der Waals surface area contributed by atoms with Gasteiger partial charge in [0.2, 0.25) is 0 Å². The smallest absolute Gasteiger partial charge is 0.263 e. The van der Waals surface area contributed by atoms with Crippen LogP contribution in [0.25, 0.3) is 0 Å². The summed E-state index contributed by atoms with van der Waals surface area (Å²) in [5.41, 5.74) is 0. The molecule has 0 bridgehead atoms. The second-order valence-electron chi connectivity index (χ2n) is 4.86. The Morgan fingerprint density at radius 3 is 3.16 bits per heavy atom. The van der Waals surface area contributed by atoms with Gasteiger partial charge in [-0.25, -0.2) is 0 Å². The highest BCUT2D eigenvalue weighted by Crippen LogP contribution is 2.14. The van der Waals surface area contributed by atoms with Gasteiger partial charge in [0.1, 0.15) is 5.75 Å². The summed E-state index contributed by atoms with van der Waals surface area (Å²) in [7, 11) is 1.94. The van der Waals surface area contributed by atoms with Gasteiger partial charge in [-0.3, -0.25) is 9.78 Å². The first-order valence-electron chi connectivity index (χ1n) is 6.73. The Bertz CT molecular complexity index is 410. The number of amides is 1. The highest BCUT2D eigenvalue weighted by Gasteiger charge is 2.27. The predicted octanol–water partition coefficient (Wildman–Crippen LogP) is 1.06. The lowest BCUT2D eigenvalue weighted by Crippen LogP contribution is -2.50. The van der Waals surface area contributed by atoms with E-state index in [1.807, 2.05) is 18.0 Å². The molecule has 2 atom stereocenters. The number of hydrogen-bond acceptors (Lipinski definition) is 4. The van der Waals surface area contributed by atoms with Gasteiger partial charge >= 0.3 is 0 Å². The fourth-order valence-corrected chi connectivity index (χ4v) is 2.34. The summed E-state index contributed by atoms with van der Waals surface area (Å²) < 4.78 is 5.62. The van der Waals surface area contributed by atoms with Gasteiger partial charge in [0.15, 0.2) is 6.10 Å². The second-order valence-corrected chi connectivity index (χ2v) is 4.86. The lowest BCUT2D eigenvalue weighted by Gasteiger charge is -2.34. The van der Waals surface area contributed by atoms with E-state index in [1.165, 1.54) is 0 Å². The van der Waals surface area contributed by atoms with Crippen LogP contribution in [0.1, 0.15) is 19.8 Å². The third-order valence-electron chi connectivity index (χ3n) is 3.44. The van der Waals surface area contributed by atoms with Gasteiger partial charge in [-0.05, 0) is 38.9 Å². The molecular formula is C14H21N3O2. The van der Waals surface area contributed by atoms with E-state index < -0.39 is 6.10 Å². The number of aromatic nitrogens is 1. The zero-order valence-corrected chi connectivity index (χ0v) is 11.5. The van der Waals surface area contributed by atoms with Crippen LogP contribution in [0.15, 0.2) is 24.5 Å². The van der Waals surface area contributed by atoms with Crippen LogP contribution in [0.2, 0.25) is 0 Å². The van der Waals surface area contributed by atoms with Crippen molar-refractivity contribution in [1.82, 2.24) is 15.2 Å². The number of pyridine rings is 1. The molecule has 0 aliphatic carbocycles. The summed E-state index contributed by atoms with van der Waals surface area (Å²) >= 11 is 0. The molecule has 0 radical (unpaired) electrons. The number of likely N-dealkylation sites (N-methyl/N-ethyl adjacent to an activating group) is 1. The Morgan fingerprint density at radius 2 is 2.47 bits per heavy atom. The van der Waals surface area contributed by atoms with Crippen LogP contribution in [0.4, 0.5) is 0 Å². The number of ether oxygens (including phenoxy) is 1. The Balaban J connectivity index is 1.91. The van der Waals surface area contributed by atoms with Crippen LogP contribution < -0.4 is 10.1 Å². The first kappa shape index (κ1) is 13.8. The maximum atomic E-state index is 12.3. The quantitative estimate of drug-likeness (QED) is 0.882. The van der Waals surface area contributed by atoms with Gasteiger partial charge in [-0.1, -0.05) is 0 Å². The van der Waals surface area contributed by atoms with E-state index in [4.69, 9.17) is 4.74 Å². The van der Waals surface area contributed by atoms with Gasteiger partial charge in [0.05, 0.1) is 6.20 Å². The molecule has 1 aromatic rings. The third kappa shape index (κ3) is 3.67. The fraction of sp³-hybridized carbons (Fsp3) is 0.571. The van der Waals surface area contributed by atoms with E-state index in [1.54, 1.807) is 25.4 Å². The predicted molar refractivity (Wildman–Crippen MR) is 73.0 cm³/mol. The van der Waals surface area contributed by atoms with Gasteiger partial charge in [-0.15, -0.1) is 0 Å². The van der Waals surface area contributed by atoms with Crippen LogP contribution in [-0.4, -0.2) is 48.1 Å². The average Bonchev–Trinajstić information content (AvgIpc) is 2.47. The van der Waals surface area contributed by atoms with Gasteiger partial charge < -0.3 is 15.0 Å². The second kappa shape index (κ2) is 6.52. The first-order chi connectivity index (χ1) is 9.20. The fourth-order valence-electron chi connectivity index (χ4n) is 2.34. The number of nitrogens with zero attached hydrogens (tertiary/aromatic N) is 2. The minimum absolute atomic E-state index is 0.0452. The Morgan fingerprint density at radius 1 is 1.63 bits per heavy atom. The molecule has 0 saturated carbocycles. The van der Waals surface area contributed by atoms with Crippen molar-refractivity contribution in [2.24, 2.45) is 0 Å². The lowest BCUT2D eigenvalue weighted by molar-refractivity contribution is -0.139. The molecule has 1 saturated heterocycles. The molecule has 1 aliphatic heterocycles. The number of carbonyl (C=O) groups excluding carboxylic acids is 1. The molecule has 1 aliphatic rings. The Kier molecular flexibility index (Phi) is 4.74. The Labute approximate surface area is 114 Å². The maximum Gasteiger partial charge on any atom is 0.263 e. The molecule has 0 unspecified atom stereocenters. The first-order valence-corrected chi connectivity index (χ1v) is 6.73. The van der Waals surface area contributed by atoms with Gasteiger partial charge in [0, 0.05) is 25.3 Å². The molecular weight excluding hydrogens is 242 g/mol. The number of piperidine rings is 1. The summed E-state index contributed by atoms with van der Waals surface area (Å²) in [5, 5.41) is 3.23. The molecule has 1 aromatic heterocycles. The zero-order chi connectivity index (χ0) is 13.7. The number of rotatable bonds is 4. The molecule has 5 heteroatoms. The van der Waals surface area contributed by atoms with Crippen LogP contribution in [0.5, 0.6) is 5.75 Å². The lowest BCUT2D eigenvalue weighted by atomic mass is 10.1. The molecule has 104 valence electrons. The summed E-state index contributed by atoms with van der Waals surface area (Å²) in [6, 6.07) is 4.00. The average molecular weight is 263 g/mol. The molecule has 1 fully saturated rings. The van der Waals surface area contributed by atoms with Crippen LogP contribution in [0, 0.1) is 0 Å². The van der Waals surface area contributed by atoms with Crippen molar-refractivity contribution in [2.45, 2.75) is 31.9 Å². The van der Waals surface area contributed by atoms with Crippen molar-refractivity contribution in [3.05, 3.63) is 24.5 Å². The van der Waals surface area contributed by atoms with Gasteiger partial charge in [-0.2, -0.15) is 0 Å². The van der Waals surface area contributed by atoms with Crippen LogP contribution in [-0.2, 0) is 4.79 Å². The van der Waals surface area contributed by atoms with Crippen molar-refractivity contribution in [1.29, 1.82) is 0 Å². The summed E-state index contributed by atoms with van der Waals surface area (Å²) in [6.45, 7) is 3.37. The van der Waals surface area contributed by atoms with Crippen molar-refractivity contribution in [2.75, 3.05) is 20.1 Å². The van der Waals surface area contributed by atoms with Crippen LogP contribution >= 0.6 is 0 Å². The van der Waals surface area contributed by atoms with Crippen molar-refractivity contribution in [3.8, 4) is 5.75 Å². The molecule has 19 heavy (non-hydrogen) atoms. The largest absolute Gasteiger partial charge is 0.479 e. The highest BCUT2D eigenvalue weighted by atomic mass is 16.5. The number of hydrogen-bond donors (Lipinski definition) is 1. The van der Waals surface area contributed by atoms with Crippen LogP contribution in [0.3, 0.4) is 0 Å². The summed E-state index contributed by atoms with van der Waals surface area (Å²) in [5.74, 6) is 0.675. The summed E-state index contributed by atoms with van der Waals surface area (Å²) in [6.07, 6.45) is 4.99. The minimum Gasteiger partial charge on any atom is -0.479 e. The third-order valence-corrected chi connectivity index (χ3v) is 3.44. The normalized spacial score (nSPS) is 20.9. The van der Waals surface area contributed by atoms with Gasteiger partial charge in [0.25, 0.3) is 5.91 Å². The topological polar surface area (TPSA) is 54.5 Å². The van der Waals surface area contributed by atoms with E-state index in [2.05, 4.69) is 10.3 Å². The van der Waals surface area contributed by atoms with E-state index in [0.717, 1.165) is 25.9 Å². The summed E-state index contributed by atoms with van der Waals surface area (Å²) in [4.78, 5) is 18.2. The molecule has 0 spiro atoms. The molecule has 5 nitrogen and oxygen atoms in total. The van der Waals surface area contributed by atoms with E-state index in [-0.39, 0.29) is 5.91 Å². The minimum atomic E-state index is -0.472.